The molecule has 2 atom stereocenters. The van der Waals surface area contributed by atoms with Gasteiger partial charge in [-0.2, -0.15) is 0 Å². The molecule has 0 saturated heterocycles. The molecule has 0 fully saturated rings. The van der Waals surface area contributed by atoms with Gasteiger partial charge in [0.1, 0.15) is 0 Å². The lowest BCUT2D eigenvalue weighted by molar-refractivity contribution is 0.148. The predicted octanol–water partition coefficient (Wildman–Crippen LogP) is 2.20. The van der Waals surface area contributed by atoms with Crippen LogP contribution in [0.5, 0.6) is 0 Å². The fourth-order valence-electron chi connectivity index (χ4n) is 1.29. The second-order valence-corrected chi connectivity index (χ2v) is 3.19. The van der Waals surface area contributed by atoms with E-state index >= 15 is 0 Å². The van der Waals surface area contributed by atoms with Crippen LogP contribution in [0.4, 0.5) is 0 Å². The van der Waals surface area contributed by atoms with Crippen molar-refractivity contribution in [1.82, 2.24) is 0 Å². The van der Waals surface area contributed by atoms with Crippen molar-refractivity contribution in [3.63, 3.8) is 0 Å². The van der Waals surface area contributed by atoms with Gasteiger partial charge in [0, 0.05) is 6.42 Å². The molecule has 0 radical (unpaired) electrons. The summed E-state index contributed by atoms with van der Waals surface area (Å²) in [5.74, 6) is 3.07. The first-order valence-electron chi connectivity index (χ1n) is 4.32. The Labute approximate surface area is 69.8 Å². The molecule has 0 amide bonds. The lowest BCUT2D eigenvalue weighted by Gasteiger charge is -2.13. The van der Waals surface area contributed by atoms with Crippen molar-refractivity contribution in [2.24, 2.45) is 5.92 Å². The fraction of sp³-hybridized carbons (Fsp3) is 0.800. The maximum atomic E-state index is 9.30. The molecule has 0 aromatic carbocycles. The lowest BCUT2D eigenvalue weighted by atomic mass is 9.97. The molecule has 0 aliphatic rings. The molecule has 0 bridgehead atoms. The summed E-state index contributed by atoms with van der Waals surface area (Å²) in [4.78, 5) is 0. The number of rotatable bonds is 5. The maximum Gasteiger partial charge on any atom is 0.0651 e. The van der Waals surface area contributed by atoms with Crippen LogP contribution in [0, 0.1) is 18.3 Å². The molecule has 1 N–H and O–H groups in total. The molecule has 0 aromatic heterocycles. The van der Waals surface area contributed by atoms with E-state index in [-0.39, 0.29) is 6.10 Å². The van der Waals surface area contributed by atoms with E-state index in [1.165, 1.54) is 12.8 Å². The first kappa shape index (κ1) is 10.5. The maximum absolute atomic E-state index is 9.30. The van der Waals surface area contributed by atoms with Gasteiger partial charge in [-0.25, -0.2) is 0 Å². The fourth-order valence-corrected chi connectivity index (χ4v) is 1.29. The third kappa shape index (κ3) is 5.94. The smallest absolute Gasteiger partial charge is 0.0651 e. The summed E-state index contributed by atoms with van der Waals surface area (Å²) in [5, 5.41) is 9.30. The predicted molar refractivity (Wildman–Crippen MR) is 48.1 cm³/mol. The first-order chi connectivity index (χ1) is 5.20. The topological polar surface area (TPSA) is 20.2 Å². The summed E-state index contributed by atoms with van der Waals surface area (Å²) in [6, 6.07) is 0. The average Bonchev–Trinajstić information content (AvgIpc) is 1.87. The summed E-state index contributed by atoms with van der Waals surface area (Å²) < 4.78 is 0. The third-order valence-electron chi connectivity index (χ3n) is 1.81. The molecule has 1 nitrogen and oxygen atoms in total. The SMILES string of the molecule is C#CCC(O)CC(C)CCC. The zero-order valence-corrected chi connectivity index (χ0v) is 7.51. The number of hydrogen-bond acceptors (Lipinski definition) is 1. The normalized spacial score (nSPS) is 15.5. The monoisotopic (exact) mass is 154 g/mol. The number of aliphatic hydroxyl groups is 1. The van der Waals surface area contributed by atoms with Crippen molar-refractivity contribution >= 4 is 0 Å². The first-order valence-corrected chi connectivity index (χ1v) is 4.32. The summed E-state index contributed by atoms with van der Waals surface area (Å²) in [5.41, 5.74) is 0. The van der Waals surface area contributed by atoms with E-state index in [1.54, 1.807) is 0 Å². The van der Waals surface area contributed by atoms with Crippen molar-refractivity contribution in [2.45, 2.75) is 45.6 Å². The van der Waals surface area contributed by atoms with Gasteiger partial charge in [0.15, 0.2) is 0 Å². The van der Waals surface area contributed by atoms with Crippen molar-refractivity contribution in [1.29, 1.82) is 0 Å². The van der Waals surface area contributed by atoms with Gasteiger partial charge in [0.2, 0.25) is 0 Å². The largest absolute Gasteiger partial charge is 0.392 e. The molecular formula is C10H18O. The minimum Gasteiger partial charge on any atom is -0.392 e. The molecule has 0 aliphatic carbocycles. The van der Waals surface area contributed by atoms with Gasteiger partial charge in [-0.05, 0) is 12.3 Å². The molecule has 0 saturated carbocycles. The van der Waals surface area contributed by atoms with Crippen molar-refractivity contribution < 1.29 is 5.11 Å². The number of terminal acetylenes is 1. The van der Waals surface area contributed by atoms with E-state index in [4.69, 9.17) is 6.42 Å². The summed E-state index contributed by atoms with van der Waals surface area (Å²) >= 11 is 0. The summed E-state index contributed by atoms with van der Waals surface area (Å²) in [6.45, 7) is 4.31. The Hall–Kier alpha value is -0.480. The molecular weight excluding hydrogens is 136 g/mol. The van der Waals surface area contributed by atoms with Crippen molar-refractivity contribution in [3.05, 3.63) is 0 Å². The highest BCUT2D eigenvalue weighted by Crippen LogP contribution is 2.13. The van der Waals surface area contributed by atoms with E-state index in [0.717, 1.165) is 6.42 Å². The Morgan fingerprint density at radius 2 is 2.18 bits per heavy atom. The Bertz CT molecular complexity index is 123. The van der Waals surface area contributed by atoms with Crippen LogP contribution in [0.15, 0.2) is 0 Å². The zero-order valence-electron chi connectivity index (χ0n) is 7.51. The minimum absolute atomic E-state index is 0.290. The second kappa shape index (κ2) is 6.24. The molecule has 2 unspecified atom stereocenters. The van der Waals surface area contributed by atoms with Gasteiger partial charge in [0.05, 0.1) is 6.10 Å². The van der Waals surface area contributed by atoms with Crippen LogP contribution in [-0.2, 0) is 0 Å². The molecule has 0 spiro atoms. The van der Waals surface area contributed by atoms with Crippen molar-refractivity contribution in [2.75, 3.05) is 0 Å². The van der Waals surface area contributed by atoms with Crippen LogP contribution >= 0.6 is 0 Å². The number of aliphatic hydroxyl groups excluding tert-OH is 1. The van der Waals surface area contributed by atoms with Gasteiger partial charge >= 0.3 is 0 Å². The minimum atomic E-state index is -0.290. The summed E-state index contributed by atoms with van der Waals surface area (Å²) in [7, 11) is 0. The van der Waals surface area contributed by atoms with E-state index in [1.807, 2.05) is 0 Å². The highest BCUT2D eigenvalue weighted by atomic mass is 16.3. The van der Waals surface area contributed by atoms with Gasteiger partial charge in [-0.3, -0.25) is 0 Å². The second-order valence-electron chi connectivity index (χ2n) is 3.19. The molecule has 0 aliphatic heterocycles. The van der Waals surface area contributed by atoms with Crippen molar-refractivity contribution in [3.8, 4) is 12.3 Å². The Morgan fingerprint density at radius 1 is 1.55 bits per heavy atom. The van der Waals surface area contributed by atoms with E-state index in [0.29, 0.717) is 12.3 Å². The van der Waals surface area contributed by atoms with Gasteiger partial charge in [-0.1, -0.05) is 26.7 Å². The van der Waals surface area contributed by atoms with Crippen LogP contribution in [0.1, 0.15) is 39.5 Å². The van der Waals surface area contributed by atoms with Gasteiger partial charge < -0.3 is 5.11 Å². The molecule has 0 heterocycles. The molecule has 0 aromatic rings. The molecule has 1 heteroatoms. The third-order valence-corrected chi connectivity index (χ3v) is 1.81. The average molecular weight is 154 g/mol. The van der Waals surface area contributed by atoms with Crippen LogP contribution in [0.3, 0.4) is 0 Å². The zero-order chi connectivity index (χ0) is 8.69. The number of hydrogen-bond donors (Lipinski definition) is 1. The van der Waals surface area contributed by atoms with Crippen LogP contribution in [0.25, 0.3) is 0 Å². The molecule has 64 valence electrons. The van der Waals surface area contributed by atoms with E-state index in [9.17, 15) is 5.11 Å². The highest BCUT2D eigenvalue weighted by Gasteiger charge is 2.07. The lowest BCUT2D eigenvalue weighted by Crippen LogP contribution is -2.10. The Morgan fingerprint density at radius 3 is 2.64 bits per heavy atom. The summed E-state index contributed by atoms with van der Waals surface area (Å²) in [6.07, 6.45) is 8.48. The quantitative estimate of drug-likeness (QED) is 0.602. The standard InChI is InChI=1S/C10H18O/c1-4-6-9(3)8-10(11)7-5-2/h2,9-11H,4,6-8H2,1,3H3. The van der Waals surface area contributed by atoms with E-state index in [2.05, 4.69) is 19.8 Å². The molecule has 11 heavy (non-hydrogen) atoms. The molecule has 0 rings (SSSR count). The van der Waals surface area contributed by atoms with Gasteiger partial charge in [0.25, 0.3) is 0 Å². The van der Waals surface area contributed by atoms with E-state index < -0.39 is 0 Å². The van der Waals surface area contributed by atoms with Crippen LogP contribution in [0.2, 0.25) is 0 Å². The van der Waals surface area contributed by atoms with Crippen LogP contribution < -0.4 is 0 Å². The van der Waals surface area contributed by atoms with Crippen LogP contribution in [-0.4, -0.2) is 11.2 Å². The van der Waals surface area contributed by atoms with Gasteiger partial charge in [-0.15, -0.1) is 12.3 Å². The Balaban J connectivity index is 3.41. The highest BCUT2D eigenvalue weighted by molar-refractivity contribution is 4.87. The Kier molecular flexibility index (Phi) is 5.97.